The summed E-state index contributed by atoms with van der Waals surface area (Å²) in [6.45, 7) is 3.07. The molecule has 7 heteroatoms. The summed E-state index contributed by atoms with van der Waals surface area (Å²) in [5.41, 5.74) is 5.35. The zero-order valence-corrected chi connectivity index (χ0v) is 22.7. The number of nitrogens with one attached hydrogen (secondary N) is 1. The summed E-state index contributed by atoms with van der Waals surface area (Å²) in [4.78, 5) is 25.2. The van der Waals surface area contributed by atoms with Gasteiger partial charge in [-0.1, -0.05) is 84.9 Å². The van der Waals surface area contributed by atoms with E-state index in [1.165, 1.54) is 0 Å². The first-order chi connectivity index (χ1) is 20.0. The van der Waals surface area contributed by atoms with E-state index >= 15 is 0 Å². The lowest BCUT2D eigenvalue weighted by Gasteiger charge is -2.18. The molecule has 0 radical (unpaired) electrons. The third kappa shape index (κ3) is 6.89. The Balaban J connectivity index is 1.19. The molecule has 206 valence electrons. The van der Waals surface area contributed by atoms with Crippen LogP contribution in [-0.4, -0.2) is 39.3 Å². The van der Waals surface area contributed by atoms with Crippen LogP contribution in [0.5, 0.6) is 5.75 Å². The second kappa shape index (κ2) is 12.8. The molecule has 0 saturated carbocycles. The van der Waals surface area contributed by atoms with Crippen LogP contribution >= 0.6 is 0 Å². The van der Waals surface area contributed by atoms with Crippen LogP contribution < -0.4 is 10.1 Å². The molecule has 0 spiro atoms. The van der Waals surface area contributed by atoms with E-state index in [1.54, 1.807) is 48.5 Å². The van der Waals surface area contributed by atoms with E-state index in [0.717, 1.165) is 22.5 Å². The van der Waals surface area contributed by atoms with Crippen LogP contribution in [0.3, 0.4) is 0 Å². The van der Waals surface area contributed by atoms with E-state index in [2.05, 4.69) is 11.4 Å². The van der Waals surface area contributed by atoms with Gasteiger partial charge in [-0.25, -0.2) is 4.79 Å². The minimum atomic E-state index is -1.00. The summed E-state index contributed by atoms with van der Waals surface area (Å²) in [6.07, 6.45) is 0.234. The molecule has 2 N–H and O–H groups in total. The number of carbonyl (C=O) groups is 2. The molecule has 1 heterocycles. The lowest BCUT2D eigenvalue weighted by Crippen LogP contribution is -2.32. The van der Waals surface area contributed by atoms with Gasteiger partial charge in [0.2, 0.25) is 0 Å². The second-order valence-electron chi connectivity index (χ2n) is 9.73. The summed E-state index contributed by atoms with van der Waals surface area (Å²) < 4.78 is 7.87. The summed E-state index contributed by atoms with van der Waals surface area (Å²) >= 11 is 0. The first-order valence-corrected chi connectivity index (χ1v) is 13.5. The van der Waals surface area contributed by atoms with Crippen molar-refractivity contribution in [2.75, 3.05) is 11.9 Å². The number of aromatic nitrogens is 2. The van der Waals surface area contributed by atoms with E-state index in [1.807, 2.05) is 72.3 Å². The van der Waals surface area contributed by atoms with Crippen LogP contribution in [0.2, 0.25) is 0 Å². The number of para-hydroxylation sites is 1. The molecule has 4 aromatic carbocycles. The predicted molar refractivity (Wildman–Crippen MR) is 159 cm³/mol. The molecule has 5 aromatic rings. The summed E-state index contributed by atoms with van der Waals surface area (Å²) in [5, 5.41) is 17.7. The molecular weight excluding hydrogens is 514 g/mol. The fraction of sp³-hybridized carbons (Fsp3) is 0.147. The highest BCUT2D eigenvalue weighted by atomic mass is 16.5. The van der Waals surface area contributed by atoms with E-state index < -0.39 is 12.0 Å². The molecule has 0 aliphatic heterocycles. The lowest BCUT2D eigenvalue weighted by molar-refractivity contribution is -0.137. The minimum absolute atomic E-state index is 0.166. The molecule has 41 heavy (non-hydrogen) atoms. The van der Waals surface area contributed by atoms with Crippen LogP contribution in [0.15, 0.2) is 115 Å². The zero-order chi connectivity index (χ0) is 28.6. The largest absolute Gasteiger partial charge is 0.492 e. The Kier molecular flexibility index (Phi) is 8.55. The Labute approximate surface area is 239 Å². The second-order valence-corrected chi connectivity index (χ2v) is 9.73. The SMILES string of the molecule is Cc1cc(-c2ccccc2)nn1CCOc1ccc(C[C@H](Nc2ccccc2C(=O)c2ccccc2)C(=O)O)cc1. The van der Waals surface area contributed by atoms with Crippen molar-refractivity contribution in [3.05, 3.63) is 138 Å². The number of nitrogens with zero attached hydrogens (tertiary/aromatic N) is 2. The number of ether oxygens (including phenoxy) is 1. The van der Waals surface area contributed by atoms with E-state index in [0.29, 0.717) is 35.7 Å². The highest BCUT2D eigenvalue weighted by Crippen LogP contribution is 2.22. The van der Waals surface area contributed by atoms with Gasteiger partial charge in [-0.2, -0.15) is 5.10 Å². The third-order valence-electron chi connectivity index (χ3n) is 6.82. The average Bonchev–Trinajstić information content (AvgIpc) is 3.38. The van der Waals surface area contributed by atoms with E-state index in [4.69, 9.17) is 9.84 Å². The van der Waals surface area contributed by atoms with Crippen molar-refractivity contribution in [2.45, 2.75) is 25.9 Å². The Bertz CT molecular complexity index is 1610. The normalized spacial score (nSPS) is 11.5. The summed E-state index contributed by atoms with van der Waals surface area (Å²) in [6, 6.07) is 34.5. The van der Waals surface area contributed by atoms with Crippen molar-refractivity contribution in [2.24, 2.45) is 0 Å². The third-order valence-corrected chi connectivity index (χ3v) is 6.82. The molecule has 1 atom stereocenters. The lowest BCUT2D eigenvalue weighted by atomic mass is 10.00. The van der Waals surface area contributed by atoms with E-state index in [-0.39, 0.29) is 12.2 Å². The van der Waals surface area contributed by atoms with Gasteiger partial charge >= 0.3 is 5.97 Å². The fourth-order valence-electron chi connectivity index (χ4n) is 4.63. The van der Waals surface area contributed by atoms with Crippen LogP contribution in [0.1, 0.15) is 27.2 Å². The highest BCUT2D eigenvalue weighted by molar-refractivity contribution is 6.12. The molecule has 5 rings (SSSR count). The number of aliphatic carboxylic acids is 1. The Morgan fingerprint density at radius 1 is 0.878 bits per heavy atom. The maximum absolute atomic E-state index is 13.1. The van der Waals surface area contributed by atoms with Crippen molar-refractivity contribution in [1.29, 1.82) is 0 Å². The zero-order valence-electron chi connectivity index (χ0n) is 22.7. The number of benzene rings is 4. The van der Waals surface area contributed by atoms with Crippen molar-refractivity contribution < 1.29 is 19.4 Å². The first-order valence-electron chi connectivity index (χ1n) is 13.5. The minimum Gasteiger partial charge on any atom is -0.492 e. The van der Waals surface area contributed by atoms with Gasteiger partial charge in [-0.05, 0) is 42.8 Å². The predicted octanol–water partition coefficient (Wildman–Crippen LogP) is 6.28. The number of anilines is 1. The number of ketones is 1. The standard InChI is InChI=1S/C34H31N3O4/c1-24-22-31(26-10-4-2-5-11-26)36-37(24)20-21-41-28-18-16-25(17-19-28)23-32(34(39)40)35-30-15-9-8-14-29(30)33(38)27-12-6-3-7-13-27/h2-19,22,32,35H,20-21,23H2,1H3,(H,39,40)/t32-/m0/s1. The van der Waals surface area contributed by atoms with Crippen LogP contribution in [-0.2, 0) is 17.8 Å². The maximum atomic E-state index is 13.1. The van der Waals surface area contributed by atoms with Crippen molar-refractivity contribution in [3.8, 4) is 17.0 Å². The van der Waals surface area contributed by atoms with Crippen molar-refractivity contribution in [1.82, 2.24) is 9.78 Å². The number of hydrogen-bond acceptors (Lipinski definition) is 5. The number of carbonyl (C=O) groups excluding carboxylic acids is 1. The molecule has 0 bridgehead atoms. The van der Waals surface area contributed by atoms with Gasteiger partial charge < -0.3 is 15.2 Å². The maximum Gasteiger partial charge on any atom is 0.326 e. The number of aryl methyl sites for hydroxylation is 1. The van der Waals surface area contributed by atoms with Gasteiger partial charge in [-0.3, -0.25) is 9.48 Å². The number of hydrogen-bond donors (Lipinski definition) is 2. The van der Waals surface area contributed by atoms with Gasteiger partial charge in [0.25, 0.3) is 0 Å². The number of carboxylic acids is 1. The Morgan fingerprint density at radius 2 is 1.54 bits per heavy atom. The fourth-order valence-corrected chi connectivity index (χ4v) is 4.63. The van der Waals surface area contributed by atoms with Crippen LogP contribution in [0.4, 0.5) is 5.69 Å². The molecule has 7 nitrogen and oxygen atoms in total. The quantitative estimate of drug-likeness (QED) is 0.179. The average molecular weight is 546 g/mol. The van der Waals surface area contributed by atoms with Gasteiger partial charge in [0.1, 0.15) is 18.4 Å². The van der Waals surface area contributed by atoms with Gasteiger partial charge in [0.15, 0.2) is 5.78 Å². The monoisotopic (exact) mass is 545 g/mol. The van der Waals surface area contributed by atoms with Gasteiger partial charge in [0, 0.05) is 34.5 Å². The van der Waals surface area contributed by atoms with Crippen LogP contribution in [0.25, 0.3) is 11.3 Å². The van der Waals surface area contributed by atoms with Crippen molar-refractivity contribution in [3.63, 3.8) is 0 Å². The Morgan fingerprint density at radius 3 is 2.24 bits per heavy atom. The first kappa shape index (κ1) is 27.4. The number of rotatable bonds is 12. The molecule has 0 aliphatic carbocycles. The topological polar surface area (TPSA) is 93.5 Å². The molecule has 1 aromatic heterocycles. The summed E-state index contributed by atoms with van der Waals surface area (Å²) in [7, 11) is 0. The smallest absolute Gasteiger partial charge is 0.326 e. The van der Waals surface area contributed by atoms with Gasteiger partial charge in [-0.15, -0.1) is 0 Å². The molecule has 0 unspecified atom stereocenters. The highest BCUT2D eigenvalue weighted by Gasteiger charge is 2.21. The van der Waals surface area contributed by atoms with Crippen molar-refractivity contribution >= 4 is 17.4 Å². The van der Waals surface area contributed by atoms with Gasteiger partial charge in [0.05, 0.1) is 12.2 Å². The van der Waals surface area contributed by atoms with E-state index in [9.17, 15) is 14.7 Å². The Hall–Kier alpha value is -5.17. The molecule has 0 amide bonds. The molecule has 0 saturated heterocycles. The molecular formula is C34H31N3O4. The molecule has 0 aliphatic rings. The molecule has 0 fully saturated rings. The van der Waals surface area contributed by atoms with Crippen LogP contribution in [0, 0.1) is 6.92 Å². The number of carboxylic acid groups (broad SMARTS) is 1. The summed E-state index contributed by atoms with van der Waals surface area (Å²) in [5.74, 6) is -0.474.